The third kappa shape index (κ3) is 3.57. The Morgan fingerprint density at radius 3 is 2.12 bits per heavy atom. The van der Waals surface area contributed by atoms with Gasteiger partial charge in [0, 0.05) is 0 Å². The van der Waals surface area contributed by atoms with Gasteiger partial charge in [0.05, 0.1) is 0 Å². The summed E-state index contributed by atoms with van der Waals surface area (Å²) in [5, 5.41) is 11.3. The molecule has 4 aliphatic carbocycles. The van der Waals surface area contributed by atoms with E-state index in [1.807, 2.05) is 34.9 Å². The van der Waals surface area contributed by atoms with E-state index < -0.39 is 0 Å². The fourth-order valence-electron chi connectivity index (χ4n) is 7.14. The Kier molecular flexibility index (Phi) is 4.86. The van der Waals surface area contributed by atoms with Crippen LogP contribution in [0, 0.1) is 17.8 Å². The minimum atomic E-state index is 0.233. The Morgan fingerprint density at radius 2 is 1.47 bits per heavy atom. The van der Waals surface area contributed by atoms with Gasteiger partial charge in [-0.15, -0.1) is 0 Å². The molecule has 2 aromatic heterocycles. The van der Waals surface area contributed by atoms with Gasteiger partial charge in [0.25, 0.3) is 0 Å². The van der Waals surface area contributed by atoms with Crippen molar-refractivity contribution < 1.29 is 5.11 Å². The maximum atomic E-state index is 11.3. The summed E-state index contributed by atoms with van der Waals surface area (Å²) in [5.41, 5.74) is 4.77. The number of hydrogen-bond acceptors (Lipinski definition) is 3. The van der Waals surface area contributed by atoms with Crippen molar-refractivity contribution in [3.63, 3.8) is 0 Å². The molecule has 4 saturated carbocycles. The molecule has 0 amide bonds. The normalized spacial score (nSPS) is 27.5. The van der Waals surface area contributed by atoms with Crippen molar-refractivity contribution in [1.82, 2.24) is 14.4 Å². The van der Waals surface area contributed by atoms with Crippen LogP contribution in [0.25, 0.3) is 16.9 Å². The van der Waals surface area contributed by atoms with E-state index >= 15 is 0 Å². The van der Waals surface area contributed by atoms with Crippen LogP contribution >= 0.6 is 0 Å². The van der Waals surface area contributed by atoms with Gasteiger partial charge in [-0.25, -0.2) is 0 Å². The molecule has 172 valence electrons. The second-order valence-corrected chi connectivity index (χ2v) is 13.8. The molecule has 0 atom stereocenters. The van der Waals surface area contributed by atoms with Gasteiger partial charge in [-0.2, -0.15) is 0 Å². The Hall–Kier alpha value is -2.62. The molecular formula is C29H29N3OSe. The summed E-state index contributed by atoms with van der Waals surface area (Å²) in [7, 11) is 0. The summed E-state index contributed by atoms with van der Waals surface area (Å²) in [4.78, 5) is 10.2. The number of fused-ring (bicyclic) bond motifs is 1. The van der Waals surface area contributed by atoms with Gasteiger partial charge in [0.15, 0.2) is 0 Å². The van der Waals surface area contributed by atoms with Gasteiger partial charge in [-0.05, 0) is 0 Å². The van der Waals surface area contributed by atoms with Crippen LogP contribution in [0.15, 0.2) is 66.9 Å². The first-order chi connectivity index (χ1) is 16.6. The predicted octanol–water partition coefficient (Wildman–Crippen LogP) is 5.41. The third-order valence-electron chi connectivity index (χ3n) is 8.20. The van der Waals surface area contributed by atoms with E-state index in [0.29, 0.717) is 10.7 Å². The Bertz CT molecular complexity index is 1310. The summed E-state index contributed by atoms with van der Waals surface area (Å²) in [6.07, 6.45) is 11.1. The summed E-state index contributed by atoms with van der Waals surface area (Å²) < 4.78 is 3.45. The Labute approximate surface area is 206 Å². The van der Waals surface area contributed by atoms with E-state index in [0.717, 1.165) is 50.5 Å². The van der Waals surface area contributed by atoms with E-state index in [-0.39, 0.29) is 20.8 Å². The van der Waals surface area contributed by atoms with E-state index in [1.54, 1.807) is 0 Å². The van der Waals surface area contributed by atoms with Gasteiger partial charge in [-0.3, -0.25) is 0 Å². The molecule has 2 heterocycles. The minimum absolute atomic E-state index is 0.233. The summed E-state index contributed by atoms with van der Waals surface area (Å²) in [6, 6.07) is 20.7. The number of hydrogen-bond donors (Lipinski definition) is 1. The van der Waals surface area contributed by atoms with Crippen LogP contribution in [0.4, 0.5) is 0 Å². The number of rotatable bonds is 5. The summed E-state index contributed by atoms with van der Waals surface area (Å²) in [6.45, 7) is 0. The fraction of sp³-hybridized carbons (Fsp3) is 0.379. The van der Waals surface area contributed by atoms with Crippen LogP contribution in [0.2, 0.25) is 4.31 Å². The standard InChI is InChI=1S/C29H29N3OSe/c33-28-24(14-19-7-3-1-4-8-19)30-26-27(31-25(18-32(26)28)23-9-5-2-6-10-23)34-29-15-20-11-21(16-29)13-22(12-20)17-29/h1-10,18,20-22,33H,11-17H2. The van der Waals surface area contributed by atoms with Crippen molar-refractivity contribution in [2.24, 2.45) is 17.8 Å². The Morgan fingerprint density at radius 1 is 0.853 bits per heavy atom. The predicted molar refractivity (Wildman–Crippen MR) is 136 cm³/mol. The quantitative estimate of drug-likeness (QED) is 0.363. The van der Waals surface area contributed by atoms with Gasteiger partial charge in [0.2, 0.25) is 0 Å². The third-order valence-corrected chi connectivity index (χ3v) is 11.1. The molecule has 5 heteroatoms. The molecule has 0 unspecified atom stereocenters. The van der Waals surface area contributed by atoms with Gasteiger partial charge in [-0.1, -0.05) is 0 Å². The van der Waals surface area contributed by atoms with Crippen molar-refractivity contribution in [1.29, 1.82) is 0 Å². The maximum absolute atomic E-state index is 11.3. The molecule has 8 rings (SSSR count). The average molecular weight is 515 g/mol. The zero-order valence-corrected chi connectivity index (χ0v) is 20.9. The van der Waals surface area contributed by atoms with Crippen LogP contribution < -0.4 is 4.59 Å². The van der Waals surface area contributed by atoms with Crippen molar-refractivity contribution in [2.75, 3.05) is 0 Å². The zero-order chi connectivity index (χ0) is 22.7. The average Bonchev–Trinajstić information content (AvgIpc) is 3.15. The van der Waals surface area contributed by atoms with Crippen LogP contribution in [-0.4, -0.2) is 34.4 Å². The van der Waals surface area contributed by atoms with Crippen LogP contribution in [0.1, 0.15) is 49.8 Å². The molecule has 4 bridgehead atoms. The molecule has 34 heavy (non-hydrogen) atoms. The van der Waals surface area contributed by atoms with Crippen molar-refractivity contribution in [2.45, 2.75) is 49.3 Å². The van der Waals surface area contributed by atoms with Crippen LogP contribution in [0.5, 0.6) is 5.88 Å². The monoisotopic (exact) mass is 515 g/mol. The summed E-state index contributed by atoms with van der Waals surface area (Å²) >= 11 is 0.233. The van der Waals surface area contributed by atoms with E-state index in [9.17, 15) is 5.11 Å². The first-order valence-electron chi connectivity index (χ1n) is 12.5. The van der Waals surface area contributed by atoms with Crippen molar-refractivity contribution in [3.05, 3.63) is 78.1 Å². The number of aromatic hydroxyl groups is 1. The molecule has 0 radical (unpaired) electrons. The topological polar surface area (TPSA) is 50.4 Å². The van der Waals surface area contributed by atoms with Crippen LogP contribution in [0.3, 0.4) is 0 Å². The molecule has 2 aromatic carbocycles. The van der Waals surface area contributed by atoms with Crippen LogP contribution in [-0.2, 0) is 6.42 Å². The molecule has 0 aliphatic heterocycles. The molecule has 1 N–H and O–H groups in total. The zero-order valence-electron chi connectivity index (χ0n) is 19.2. The van der Waals surface area contributed by atoms with E-state index in [2.05, 4.69) is 36.4 Å². The molecular weight excluding hydrogens is 485 g/mol. The van der Waals surface area contributed by atoms with E-state index in [4.69, 9.17) is 9.97 Å². The SMILES string of the molecule is Oc1c(Cc2ccccc2)nc2c([Se]C34CC5CC(CC(C5)C3)C4)nc(-c3ccccc3)cn12. The Balaban J connectivity index is 1.34. The van der Waals surface area contributed by atoms with Gasteiger partial charge < -0.3 is 0 Å². The molecule has 4 nitrogen and oxygen atoms in total. The van der Waals surface area contributed by atoms with Crippen molar-refractivity contribution in [3.8, 4) is 17.1 Å². The molecule has 0 saturated heterocycles. The number of benzene rings is 2. The number of imidazole rings is 1. The van der Waals surface area contributed by atoms with Crippen molar-refractivity contribution >= 4 is 25.2 Å². The first-order valence-corrected chi connectivity index (χ1v) is 14.2. The summed E-state index contributed by atoms with van der Waals surface area (Å²) in [5.74, 6) is 3.01. The molecule has 4 aliphatic rings. The first kappa shape index (κ1) is 20.7. The second kappa shape index (κ2) is 7.96. The molecule has 4 aromatic rings. The number of aromatic nitrogens is 3. The fourth-order valence-corrected chi connectivity index (χ4v) is 10.8. The molecule has 0 spiro atoms. The van der Waals surface area contributed by atoms with Gasteiger partial charge in [0.1, 0.15) is 0 Å². The van der Waals surface area contributed by atoms with Gasteiger partial charge >= 0.3 is 207 Å². The number of nitrogens with zero attached hydrogens (tertiary/aromatic N) is 3. The second-order valence-electron chi connectivity index (χ2n) is 10.7. The molecule has 4 fully saturated rings. The van der Waals surface area contributed by atoms with E-state index in [1.165, 1.54) is 38.5 Å².